The van der Waals surface area contributed by atoms with E-state index in [9.17, 15) is 4.79 Å². The van der Waals surface area contributed by atoms with Crippen LogP contribution in [-0.4, -0.2) is 37.0 Å². The van der Waals surface area contributed by atoms with Crippen LogP contribution in [0.3, 0.4) is 0 Å². The van der Waals surface area contributed by atoms with Gasteiger partial charge in [-0.1, -0.05) is 0 Å². The molecule has 2 aromatic rings. The summed E-state index contributed by atoms with van der Waals surface area (Å²) in [6.45, 7) is 4.55. The van der Waals surface area contributed by atoms with Crippen LogP contribution < -0.4 is 5.32 Å². The minimum absolute atomic E-state index is 0.165. The normalized spacial score (nSPS) is 10.9. The molecule has 19 heavy (non-hydrogen) atoms. The average Bonchev–Trinajstić information content (AvgIpc) is 2.98. The number of amides is 1. The van der Waals surface area contributed by atoms with Crippen molar-refractivity contribution in [3.05, 3.63) is 30.1 Å². The van der Waals surface area contributed by atoms with Crippen LogP contribution >= 0.6 is 0 Å². The molecule has 2 rings (SSSR count). The van der Waals surface area contributed by atoms with Gasteiger partial charge in [0.05, 0.1) is 0 Å². The van der Waals surface area contributed by atoms with Crippen molar-refractivity contribution in [1.82, 2.24) is 29.9 Å². The molecule has 0 saturated carbocycles. The Balaban J connectivity index is 1.85. The number of carbonyl (C=O) groups excluding carboxylic acids is 1. The van der Waals surface area contributed by atoms with Crippen LogP contribution in [0.15, 0.2) is 18.6 Å². The van der Waals surface area contributed by atoms with E-state index in [1.807, 2.05) is 31.7 Å². The number of carbonyl (C=O) groups is 1. The van der Waals surface area contributed by atoms with Crippen LogP contribution in [0.2, 0.25) is 0 Å². The van der Waals surface area contributed by atoms with Crippen LogP contribution in [0, 0.1) is 0 Å². The van der Waals surface area contributed by atoms with E-state index in [2.05, 4.69) is 20.6 Å². The number of nitrogens with zero attached hydrogens (tertiary/aromatic N) is 5. The van der Waals surface area contributed by atoms with Gasteiger partial charge in [0.2, 0.25) is 0 Å². The van der Waals surface area contributed by atoms with Crippen molar-refractivity contribution in [1.29, 1.82) is 0 Å². The number of hydrogen-bond donors (Lipinski definition) is 1. The maximum absolute atomic E-state index is 11.9. The van der Waals surface area contributed by atoms with E-state index in [1.165, 1.54) is 0 Å². The lowest BCUT2D eigenvalue weighted by atomic mass is 10.3. The summed E-state index contributed by atoms with van der Waals surface area (Å²) in [7, 11) is 1.88. The lowest BCUT2D eigenvalue weighted by Gasteiger charge is -2.04. The van der Waals surface area contributed by atoms with Gasteiger partial charge in [-0.3, -0.25) is 9.48 Å². The van der Waals surface area contributed by atoms with Crippen molar-refractivity contribution in [3.63, 3.8) is 0 Å². The predicted octanol–water partition coefficient (Wildman–Crippen LogP) is 0.565. The first kappa shape index (κ1) is 13.3. The van der Waals surface area contributed by atoms with Gasteiger partial charge in [-0.25, -0.2) is 0 Å². The highest BCUT2D eigenvalue weighted by atomic mass is 16.1. The third kappa shape index (κ3) is 3.18. The Morgan fingerprint density at radius 3 is 2.84 bits per heavy atom. The molecule has 7 nitrogen and oxygen atoms in total. The van der Waals surface area contributed by atoms with Gasteiger partial charge in [-0.05, 0) is 19.9 Å². The molecule has 0 aliphatic carbocycles. The molecule has 0 aliphatic heterocycles. The lowest BCUT2D eigenvalue weighted by Crippen LogP contribution is -2.27. The summed E-state index contributed by atoms with van der Waals surface area (Å²) in [5.41, 5.74) is 0.437. The summed E-state index contributed by atoms with van der Waals surface area (Å²) in [5, 5.41) is 14.8. The molecule has 0 bridgehead atoms. The Bertz CT molecular complexity index is 556. The zero-order chi connectivity index (χ0) is 13.8. The standard InChI is InChI=1S/C12H18N6O/c1-9(2)18-7-5-10(16-18)12(19)13-6-4-11-15-14-8-17(11)3/h5,7-9H,4,6H2,1-3H3,(H,13,19). The number of aromatic nitrogens is 5. The van der Waals surface area contributed by atoms with E-state index >= 15 is 0 Å². The van der Waals surface area contributed by atoms with E-state index in [0.29, 0.717) is 18.7 Å². The molecular formula is C12H18N6O. The third-order valence-corrected chi connectivity index (χ3v) is 2.81. The molecule has 0 aliphatic rings. The van der Waals surface area contributed by atoms with E-state index < -0.39 is 0 Å². The molecule has 0 radical (unpaired) electrons. The molecule has 1 amide bonds. The molecule has 0 unspecified atom stereocenters. The number of rotatable bonds is 5. The summed E-state index contributed by atoms with van der Waals surface area (Å²) in [6.07, 6.45) is 4.09. The van der Waals surface area contributed by atoms with E-state index in [0.717, 1.165) is 5.82 Å². The SMILES string of the molecule is CC(C)n1ccc(C(=O)NCCc2nncn2C)n1. The van der Waals surface area contributed by atoms with Gasteiger partial charge in [0.25, 0.3) is 5.91 Å². The number of hydrogen-bond acceptors (Lipinski definition) is 4. The topological polar surface area (TPSA) is 77.6 Å². The Morgan fingerprint density at radius 2 is 2.26 bits per heavy atom. The Kier molecular flexibility index (Phi) is 3.94. The number of nitrogens with one attached hydrogen (secondary N) is 1. The smallest absolute Gasteiger partial charge is 0.271 e. The van der Waals surface area contributed by atoms with Gasteiger partial charge in [-0.15, -0.1) is 10.2 Å². The van der Waals surface area contributed by atoms with Crippen molar-refractivity contribution in [2.75, 3.05) is 6.54 Å². The fourth-order valence-electron chi connectivity index (χ4n) is 1.66. The zero-order valence-corrected chi connectivity index (χ0v) is 11.4. The van der Waals surface area contributed by atoms with Crippen molar-refractivity contribution >= 4 is 5.91 Å². The number of aryl methyl sites for hydroxylation is 1. The first-order chi connectivity index (χ1) is 9.08. The fraction of sp³-hybridized carbons (Fsp3) is 0.500. The zero-order valence-electron chi connectivity index (χ0n) is 11.4. The Labute approximate surface area is 111 Å². The largest absolute Gasteiger partial charge is 0.350 e. The van der Waals surface area contributed by atoms with Crippen molar-refractivity contribution < 1.29 is 4.79 Å². The Morgan fingerprint density at radius 1 is 1.47 bits per heavy atom. The van der Waals surface area contributed by atoms with Crippen molar-refractivity contribution in [3.8, 4) is 0 Å². The average molecular weight is 262 g/mol. The first-order valence-corrected chi connectivity index (χ1v) is 6.24. The fourth-order valence-corrected chi connectivity index (χ4v) is 1.66. The summed E-state index contributed by atoms with van der Waals surface area (Å²) >= 11 is 0. The second-order valence-electron chi connectivity index (χ2n) is 4.64. The highest BCUT2D eigenvalue weighted by Crippen LogP contribution is 2.04. The third-order valence-electron chi connectivity index (χ3n) is 2.81. The second-order valence-corrected chi connectivity index (χ2v) is 4.64. The first-order valence-electron chi connectivity index (χ1n) is 6.24. The molecule has 0 aromatic carbocycles. The Hall–Kier alpha value is -2.18. The molecule has 0 fully saturated rings. The lowest BCUT2D eigenvalue weighted by molar-refractivity contribution is 0.0948. The quantitative estimate of drug-likeness (QED) is 0.854. The molecule has 0 atom stereocenters. The van der Waals surface area contributed by atoms with Crippen LogP contribution in [0.25, 0.3) is 0 Å². The van der Waals surface area contributed by atoms with Crippen LogP contribution in [-0.2, 0) is 13.5 Å². The molecule has 7 heteroatoms. The maximum Gasteiger partial charge on any atom is 0.271 e. The predicted molar refractivity (Wildman–Crippen MR) is 69.7 cm³/mol. The van der Waals surface area contributed by atoms with E-state index in [4.69, 9.17) is 0 Å². The highest BCUT2D eigenvalue weighted by Gasteiger charge is 2.10. The van der Waals surface area contributed by atoms with Gasteiger partial charge < -0.3 is 9.88 Å². The highest BCUT2D eigenvalue weighted by molar-refractivity contribution is 5.92. The molecule has 1 N–H and O–H groups in total. The summed E-state index contributed by atoms with van der Waals surface area (Å²) in [6, 6.07) is 1.97. The van der Waals surface area contributed by atoms with Gasteiger partial charge in [0.1, 0.15) is 17.8 Å². The van der Waals surface area contributed by atoms with Gasteiger partial charge >= 0.3 is 0 Å². The van der Waals surface area contributed by atoms with Gasteiger partial charge in [-0.2, -0.15) is 5.10 Å². The summed E-state index contributed by atoms with van der Waals surface area (Å²) in [5.74, 6) is 0.676. The molecule has 0 saturated heterocycles. The molecule has 0 spiro atoms. The van der Waals surface area contributed by atoms with E-state index in [-0.39, 0.29) is 11.9 Å². The van der Waals surface area contributed by atoms with Gasteiger partial charge in [0, 0.05) is 32.3 Å². The summed E-state index contributed by atoms with van der Waals surface area (Å²) < 4.78 is 3.59. The van der Waals surface area contributed by atoms with Crippen LogP contribution in [0.1, 0.15) is 36.2 Å². The van der Waals surface area contributed by atoms with Crippen molar-refractivity contribution in [2.24, 2.45) is 7.05 Å². The molecular weight excluding hydrogens is 244 g/mol. The molecule has 2 heterocycles. The van der Waals surface area contributed by atoms with Gasteiger partial charge in [0.15, 0.2) is 0 Å². The maximum atomic E-state index is 11.9. The second kappa shape index (κ2) is 5.64. The molecule has 2 aromatic heterocycles. The monoisotopic (exact) mass is 262 g/mol. The van der Waals surface area contributed by atoms with E-state index in [1.54, 1.807) is 17.1 Å². The van der Waals surface area contributed by atoms with Crippen LogP contribution in [0.5, 0.6) is 0 Å². The van der Waals surface area contributed by atoms with Crippen molar-refractivity contribution in [2.45, 2.75) is 26.3 Å². The molecule has 102 valence electrons. The summed E-state index contributed by atoms with van der Waals surface area (Å²) in [4.78, 5) is 11.9. The van der Waals surface area contributed by atoms with Crippen LogP contribution in [0.4, 0.5) is 0 Å². The minimum atomic E-state index is -0.165. The minimum Gasteiger partial charge on any atom is -0.350 e.